The van der Waals surface area contributed by atoms with Gasteiger partial charge in [-0.3, -0.25) is 19.6 Å². The van der Waals surface area contributed by atoms with Crippen LogP contribution in [0.25, 0.3) is 11.3 Å². The molecule has 0 atom stereocenters. The van der Waals surface area contributed by atoms with E-state index in [2.05, 4.69) is 15.5 Å². The van der Waals surface area contributed by atoms with Gasteiger partial charge in [-0.25, -0.2) is 10.5 Å². The van der Waals surface area contributed by atoms with Gasteiger partial charge in [0.25, 0.3) is 5.91 Å². The van der Waals surface area contributed by atoms with Crippen LogP contribution < -0.4 is 10.8 Å². The maximum atomic E-state index is 12.2. The van der Waals surface area contributed by atoms with E-state index in [-0.39, 0.29) is 30.4 Å². The first kappa shape index (κ1) is 23.1. The maximum Gasteiger partial charge on any atom is 0.310 e. The van der Waals surface area contributed by atoms with Crippen molar-refractivity contribution in [2.24, 2.45) is 0 Å². The lowest BCUT2D eigenvalue weighted by molar-refractivity contribution is -0.142. The van der Waals surface area contributed by atoms with E-state index in [1.165, 1.54) is 22.9 Å². The van der Waals surface area contributed by atoms with Gasteiger partial charge >= 0.3 is 5.97 Å². The molecule has 0 aliphatic carbocycles. The first-order valence-electron chi connectivity index (χ1n) is 9.88. The minimum atomic E-state index is -0.758. The Balaban J connectivity index is 1.47. The summed E-state index contributed by atoms with van der Waals surface area (Å²) in [6.07, 6.45) is 1.36. The van der Waals surface area contributed by atoms with Crippen LogP contribution in [0.2, 0.25) is 0 Å². The number of carbonyl (C=O) groups is 3. The molecule has 0 fully saturated rings. The lowest BCUT2D eigenvalue weighted by atomic mass is 10.1. The van der Waals surface area contributed by atoms with Gasteiger partial charge in [-0.15, -0.1) is 11.3 Å². The molecule has 3 N–H and O–H groups in total. The van der Waals surface area contributed by atoms with E-state index in [1.807, 2.05) is 29.6 Å². The smallest absolute Gasteiger partial charge is 0.310 e. The summed E-state index contributed by atoms with van der Waals surface area (Å²) in [6.45, 7) is 2.13. The number of anilines is 1. The van der Waals surface area contributed by atoms with E-state index in [1.54, 1.807) is 6.92 Å². The molecule has 0 saturated carbocycles. The van der Waals surface area contributed by atoms with Crippen LogP contribution in [-0.2, 0) is 27.2 Å². The molecule has 2 amide bonds. The molecule has 0 unspecified atom stereocenters. The second kappa shape index (κ2) is 11.2. The molecule has 0 spiro atoms. The minimum absolute atomic E-state index is 0.0313. The molecular formula is C21H22N4O6S. The molecule has 11 heteroatoms. The number of hydrogen-bond donors (Lipinski definition) is 3. The highest BCUT2D eigenvalue weighted by atomic mass is 32.1. The Bertz CT molecular complexity index is 1080. The van der Waals surface area contributed by atoms with E-state index >= 15 is 0 Å². The van der Waals surface area contributed by atoms with Crippen LogP contribution in [0, 0.1) is 0 Å². The first-order chi connectivity index (χ1) is 15.5. The number of thiazole rings is 1. The molecule has 3 aromatic rings. The van der Waals surface area contributed by atoms with Gasteiger partial charge in [0, 0.05) is 29.9 Å². The quantitative estimate of drug-likeness (QED) is 0.239. The molecule has 3 rings (SSSR count). The van der Waals surface area contributed by atoms with Gasteiger partial charge < -0.3 is 14.6 Å². The van der Waals surface area contributed by atoms with E-state index in [4.69, 9.17) is 14.5 Å². The Kier molecular flexibility index (Phi) is 8.06. The molecule has 2 heterocycles. The summed E-state index contributed by atoms with van der Waals surface area (Å²) in [5.74, 6) is -0.771. The highest BCUT2D eigenvalue weighted by Crippen LogP contribution is 2.25. The zero-order valence-corrected chi connectivity index (χ0v) is 18.1. The molecule has 1 aromatic carbocycles. The highest BCUT2D eigenvalue weighted by Gasteiger charge is 2.13. The molecule has 168 valence electrons. The summed E-state index contributed by atoms with van der Waals surface area (Å²) in [4.78, 5) is 39.4. The molecule has 0 aliphatic rings. The van der Waals surface area contributed by atoms with Crippen molar-refractivity contribution < 1.29 is 28.9 Å². The summed E-state index contributed by atoms with van der Waals surface area (Å²) in [5, 5.41) is 17.2. The Labute approximate surface area is 187 Å². The highest BCUT2D eigenvalue weighted by molar-refractivity contribution is 7.14. The van der Waals surface area contributed by atoms with Gasteiger partial charge in [0.1, 0.15) is 5.76 Å². The van der Waals surface area contributed by atoms with Crippen LogP contribution in [0.4, 0.5) is 5.13 Å². The molecule has 10 nitrogen and oxygen atoms in total. The molecule has 0 saturated heterocycles. The summed E-state index contributed by atoms with van der Waals surface area (Å²) in [5.41, 5.74) is 3.90. The van der Waals surface area contributed by atoms with Gasteiger partial charge in [0.15, 0.2) is 10.8 Å². The summed E-state index contributed by atoms with van der Waals surface area (Å²) in [6, 6.07) is 8.86. The number of carbonyl (C=O) groups excluding carboxylic acids is 3. The van der Waals surface area contributed by atoms with Crippen molar-refractivity contribution in [3.8, 4) is 11.3 Å². The summed E-state index contributed by atoms with van der Waals surface area (Å²) in [7, 11) is 0. The lowest BCUT2D eigenvalue weighted by Gasteiger charge is -2.03. The topological polar surface area (TPSA) is 144 Å². The fourth-order valence-corrected chi connectivity index (χ4v) is 3.57. The number of rotatable bonds is 10. The van der Waals surface area contributed by atoms with E-state index in [0.29, 0.717) is 30.3 Å². The fourth-order valence-electron chi connectivity index (χ4n) is 2.84. The third-order valence-corrected chi connectivity index (χ3v) is 5.13. The van der Waals surface area contributed by atoms with Crippen LogP contribution >= 0.6 is 11.3 Å². The van der Waals surface area contributed by atoms with E-state index in [9.17, 15) is 14.4 Å². The Hall–Kier alpha value is -3.57. The zero-order valence-electron chi connectivity index (χ0n) is 17.3. The van der Waals surface area contributed by atoms with Gasteiger partial charge in [0.2, 0.25) is 5.91 Å². The van der Waals surface area contributed by atoms with Crippen molar-refractivity contribution in [1.29, 1.82) is 0 Å². The number of aryl methyl sites for hydroxylation is 1. The second-order valence-electron chi connectivity index (χ2n) is 6.74. The predicted octanol–water partition coefficient (Wildman–Crippen LogP) is 2.98. The Morgan fingerprint density at radius 3 is 2.72 bits per heavy atom. The number of nitrogens with zero attached hydrogens (tertiary/aromatic N) is 2. The van der Waals surface area contributed by atoms with Crippen molar-refractivity contribution in [2.75, 3.05) is 11.9 Å². The lowest BCUT2D eigenvalue weighted by Crippen LogP contribution is -2.18. The molecule has 0 aliphatic heterocycles. The van der Waals surface area contributed by atoms with Gasteiger partial charge in [-0.05, 0) is 18.9 Å². The van der Waals surface area contributed by atoms with Crippen molar-refractivity contribution in [3.05, 3.63) is 52.7 Å². The molecule has 32 heavy (non-hydrogen) atoms. The number of aromatic nitrogens is 2. The van der Waals surface area contributed by atoms with Crippen molar-refractivity contribution in [3.63, 3.8) is 0 Å². The normalized spacial score (nSPS) is 10.6. The standard InChI is InChI=1S/C21H22N4O6S/c1-2-30-19(27)10-13-6-8-14(9-7-13)17-12-32-21(22-17)23-18(26)5-3-4-15-11-16(25-31-15)20(28)24-29/h6-9,11-12,29H,2-5,10H2,1H3,(H,24,28)(H,22,23,26). The maximum absolute atomic E-state index is 12.2. The van der Waals surface area contributed by atoms with Gasteiger partial charge in [-0.1, -0.05) is 29.4 Å². The molecule has 0 bridgehead atoms. The molecular weight excluding hydrogens is 436 g/mol. The van der Waals surface area contributed by atoms with Crippen LogP contribution in [0.3, 0.4) is 0 Å². The average molecular weight is 458 g/mol. The number of hydrogen-bond acceptors (Lipinski definition) is 9. The number of nitrogens with one attached hydrogen (secondary N) is 2. The van der Waals surface area contributed by atoms with Crippen molar-refractivity contribution in [1.82, 2.24) is 15.6 Å². The number of esters is 1. The predicted molar refractivity (Wildman–Crippen MR) is 115 cm³/mol. The number of hydroxylamine groups is 1. The Morgan fingerprint density at radius 1 is 1.22 bits per heavy atom. The first-order valence-corrected chi connectivity index (χ1v) is 10.8. The van der Waals surface area contributed by atoms with E-state index < -0.39 is 5.91 Å². The minimum Gasteiger partial charge on any atom is -0.466 e. The second-order valence-corrected chi connectivity index (χ2v) is 7.60. The summed E-state index contributed by atoms with van der Waals surface area (Å²) >= 11 is 1.32. The van der Waals surface area contributed by atoms with Crippen LogP contribution in [-0.4, -0.2) is 39.7 Å². The monoisotopic (exact) mass is 458 g/mol. The number of benzene rings is 1. The largest absolute Gasteiger partial charge is 0.466 e. The third kappa shape index (κ3) is 6.46. The van der Waals surface area contributed by atoms with Gasteiger partial charge in [-0.2, -0.15) is 0 Å². The molecule has 0 radical (unpaired) electrons. The zero-order chi connectivity index (χ0) is 22.9. The summed E-state index contributed by atoms with van der Waals surface area (Å²) < 4.78 is 9.94. The van der Waals surface area contributed by atoms with Crippen LogP contribution in [0.15, 0.2) is 40.2 Å². The third-order valence-electron chi connectivity index (χ3n) is 4.37. The molecule has 2 aromatic heterocycles. The van der Waals surface area contributed by atoms with Crippen molar-refractivity contribution >= 4 is 34.3 Å². The van der Waals surface area contributed by atoms with Crippen LogP contribution in [0.5, 0.6) is 0 Å². The van der Waals surface area contributed by atoms with Crippen molar-refractivity contribution in [2.45, 2.75) is 32.6 Å². The van der Waals surface area contributed by atoms with Crippen LogP contribution in [0.1, 0.15) is 41.6 Å². The SMILES string of the molecule is CCOC(=O)Cc1ccc(-c2csc(NC(=O)CCCc3cc(C(=O)NO)no3)n2)cc1. The Morgan fingerprint density at radius 2 is 2.00 bits per heavy atom. The fraction of sp³-hybridized carbons (Fsp3) is 0.286. The number of amides is 2. The number of ether oxygens (including phenoxy) is 1. The van der Waals surface area contributed by atoms with E-state index in [0.717, 1.165) is 16.8 Å². The van der Waals surface area contributed by atoms with Gasteiger partial charge in [0.05, 0.1) is 18.7 Å². The average Bonchev–Trinajstić information content (AvgIpc) is 3.44.